The number of rotatable bonds is 4. The van der Waals surface area contributed by atoms with Gasteiger partial charge in [0.2, 0.25) is 0 Å². The molecule has 1 saturated carbocycles. The summed E-state index contributed by atoms with van der Waals surface area (Å²) in [7, 11) is 0. The highest BCUT2D eigenvalue weighted by Crippen LogP contribution is 2.44. The highest BCUT2D eigenvalue weighted by Gasteiger charge is 2.40. The van der Waals surface area contributed by atoms with Crippen molar-refractivity contribution in [3.05, 3.63) is 18.7 Å². The lowest BCUT2D eigenvalue weighted by Gasteiger charge is -2.30. The molecule has 1 aliphatic rings. The Bertz CT molecular complexity index is 439. The first-order chi connectivity index (χ1) is 10.4. The Labute approximate surface area is 137 Å². The summed E-state index contributed by atoms with van der Waals surface area (Å²) in [6.07, 6.45) is 7.60. The van der Waals surface area contributed by atoms with Crippen molar-refractivity contribution in [2.24, 2.45) is 11.3 Å². The molecule has 1 aromatic rings. The summed E-state index contributed by atoms with van der Waals surface area (Å²) >= 11 is 4.03. The first-order valence-electron chi connectivity index (χ1n) is 7.65. The van der Waals surface area contributed by atoms with E-state index in [-0.39, 0.29) is 11.4 Å². The number of hydrogen-bond acceptors (Lipinski definition) is 5. The molecule has 1 heterocycles. The predicted octanol–water partition coefficient (Wildman–Crippen LogP) is 1.88. The second kappa shape index (κ2) is 9.17. The summed E-state index contributed by atoms with van der Waals surface area (Å²) in [4.78, 5) is 14.9. The van der Waals surface area contributed by atoms with Gasteiger partial charge in [-0.05, 0) is 30.9 Å². The second-order valence-electron chi connectivity index (χ2n) is 5.95. The van der Waals surface area contributed by atoms with E-state index in [0.29, 0.717) is 12.5 Å². The van der Waals surface area contributed by atoms with Crippen molar-refractivity contribution in [3.8, 4) is 0 Å². The SMILES string of the molecule is C[C@H]1CCCC1(C)C(O)O.O=C(NCCCS)n1ccnc1. The standard InChI is InChI=1S/C8H16O2.C7H11N3OS/c1-6-4-3-5-8(6,2)7(9)10;11-7(9-2-1-5-12)10-4-3-8-6-10/h6-7,9-10H,3-5H2,1-2H3;3-4,6,12H,1-2,5H2,(H,9,11)/t6-,8?;/m0./s1. The fourth-order valence-corrected chi connectivity index (χ4v) is 2.65. The number of carbonyl (C=O) groups excluding carboxylic acids is 1. The summed E-state index contributed by atoms with van der Waals surface area (Å²) in [5.74, 6) is 1.23. The first-order valence-corrected chi connectivity index (χ1v) is 8.28. The first kappa shape index (κ1) is 19.0. The molecule has 0 bridgehead atoms. The number of imidazole rings is 1. The Morgan fingerprint density at radius 2 is 2.32 bits per heavy atom. The molecule has 1 unspecified atom stereocenters. The van der Waals surface area contributed by atoms with Crippen LogP contribution in [0.4, 0.5) is 4.79 Å². The number of aliphatic hydroxyl groups excluding tert-OH is 1. The quantitative estimate of drug-likeness (QED) is 0.386. The number of thiol groups is 1. The highest BCUT2D eigenvalue weighted by atomic mass is 32.1. The van der Waals surface area contributed by atoms with E-state index in [0.717, 1.165) is 31.4 Å². The van der Waals surface area contributed by atoms with Gasteiger partial charge in [0.15, 0.2) is 6.29 Å². The van der Waals surface area contributed by atoms with Gasteiger partial charge in [-0.25, -0.2) is 9.78 Å². The normalized spacial score (nSPS) is 24.0. The van der Waals surface area contributed by atoms with Crippen LogP contribution in [-0.2, 0) is 0 Å². The molecule has 0 radical (unpaired) electrons. The van der Waals surface area contributed by atoms with Gasteiger partial charge in [0.05, 0.1) is 0 Å². The van der Waals surface area contributed by atoms with Crippen molar-refractivity contribution in [2.45, 2.75) is 45.8 Å². The van der Waals surface area contributed by atoms with Crippen LogP contribution in [0.3, 0.4) is 0 Å². The molecule has 126 valence electrons. The zero-order valence-electron chi connectivity index (χ0n) is 13.3. The van der Waals surface area contributed by atoms with E-state index in [9.17, 15) is 4.79 Å². The molecule has 22 heavy (non-hydrogen) atoms. The maximum absolute atomic E-state index is 11.2. The lowest BCUT2D eigenvalue weighted by molar-refractivity contribution is -0.140. The number of nitrogens with zero attached hydrogens (tertiary/aromatic N) is 2. The maximum atomic E-state index is 11.2. The Morgan fingerprint density at radius 3 is 2.73 bits per heavy atom. The fourth-order valence-electron chi connectivity index (χ4n) is 2.49. The van der Waals surface area contributed by atoms with Crippen LogP contribution in [0, 0.1) is 11.3 Å². The molecule has 0 aromatic carbocycles. The minimum absolute atomic E-state index is 0.144. The van der Waals surface area contributed by atoms with Crippen molar-refractivity contribution < 1.29 is 15.0 Å². The molecule has 1 fully saturated rings. The largest absolute Gasteiger partial charge is 0.368 e. The fraction of sp³-hybridized carbons (Fsp3) is 0.733. The van der Waals surface area contributed by atoms with E-state index >= 15 is 0 Å². The number of nitrogens with one attached hydrogen (secondary N) is 1. The maximum Gasteiger partial charge on any atom is 0.326 e. The molecular weight excluding hydrogens is 302 g/mol. The molecule has 7 heteroatoms. The molecule has 3 N–H and O–H groups in total. The summed E-state index contributed by atoms with van der Waals surface area (Å²) in [6.45, 7) is 4.70. The minimum Gasteiger partial charge on any atom is -0.368 e. The van der Waals surface area contributed by atoms with E-state index in [1.165, 1.54) is 10.9 Å². The highest BCUT2D eigenvalue weighted by molar-refractivity contribution is 7.80. The van der Waals surface area contributed by atoms with Gasteiger partial charge in [0.1, 0.15) is 6.33 Å². The van der Waals surface area contributed by atoms with Crippen LogP contribution >= 0.6 is 12.6 Å². The minimum atomic E-state index is -1.13. The van der Waals surface area contributed by atoms with E-state index in [4.69, 9.17) is 10.2 Å². The number of amides is 1. The van der Waals surface area contributed by atoms with Crippen LogP contribution in [-0.4, -0.2) is 44.4 Å². The Hall–Kier alpha value is -1.05. The van der Waals surface area contributed by atoms with Gasteiger partial charge >= 0.3 is 6.03 Å². The molecule has 0 saturated heterocycles. The summed E-state index contributed by atoms with van der Waals surface area (Å²) < 4.78 is 1.40. The van der Waals surface area contributed by atoms with Gasteiger partial charge in [-0.2, -0.15) is 12.6 Å². The molecule has 2 rings (SSSR count). The van der Waals surface area contributed by atoms with Crippen LogP contribution in [0.5, 0.6) is 0 Å². The van der Waals surface area contributed by atoms with Crippen LogP contribution in [0.1, 0.15) is 39.5 Å². The average Bonchev–Trinajstić information content (AvgIpc) is 3.11. The molecule has 0 aliphatic heterocycles. The molecule has 1 aromatic heterocycles. The number of carbonyl (C=O) groups is 1. The molecule has 6 nitrogen and oxygen atoms in total. The third-order valence-electron chi connectivity index (χ3n) is 4.42. The third-order valence-corrected chi connectivity index (χ3v) is 4.73. The Morgan fingerprint density at radius 1 is 1.59 bits per heavy atom. The van der Waals surface area contributed by atoms with Gasteiger partial charge in [-0.15, -0.1) is 0 Å². The predicted molar refractivity (Wildman–Crippen MR) is 88.8 cm³/mol. The molecular formula is C15H27N3O3S. The van der Waals surface area contributed by atoms with Crippen LogP contribution in [0.25, 0.3) is 0 Å². The lowest BCUT2D eigenvalue weighted by Crippen LogP contribution is -2.34. The topological polar surface area (TPSA) is 87.4 Å². The monoisotopic (exact) mass is 329 g/mol. The van der Waals surface area contributed by atoms with Crippen LogP contribution < -0.4 is 5.32 Å². The molecule has 1 aliphatic carbocycles. The van der Waals surface area contributed by atoms with Crippen LogP contribution in [0.15, 0.2) is 18.7 Å². The smallest absolute Gasteiger partial charge is 0.326 e. The Balaban J connectivity index is 0.000000224. The van der Waals surface area contributed by atoms with Crippen molar-refractivity contribution >= 4 is 18.7 Å². The summed E-state index contributed by atoms with van der Waals surface area (Å²) in [5.41, 5.74) is -0.236. The summed E-state index contributed by atoms with van der Waals surface area (Å²) in [6, 6.07) is -0.144. The van der Waals surface area contributed by atoms with Crippen LogP contribution in [0.2, 0.25) is 0 Å². The molecule has 1 amide bonds. The number of aliphatic hydroxyl groups is 2. The van der Waals surface area contributed by atoms with Crippen molar-refractivity contribution in [1.82, 2.24) is 14.9 Å². The van der Waals surface area contributed by atoms with Gasteiger partial charge in [-0.1, -0.05) is 20.3 Å². The zero-order chi connectivity index (χ0) is 16.6. The third kappa shape index (κ3) is 5.30. The van der Waals surface area contributed by atoms with Crippen molar-refractivity contribution in [2.75, 3.05) is 12.3 Å². The van der Waals surface area contributed by atoms with Gasteiger partial charge < -0.3 is 15.5 Å². The van der Waals surface area contributed by atoms with Gasteiger partial charge in [0, 0.05) is 24.4 Å². The van der Waals surface area contributed by atoms with E-state index in [1.54, 1.807) is 12.4 Å². The summed E-state index contributed by atoms with van der Waals surface area (Å²) in [5, 5.41) is 20.8. The van der Waals surface area contributed by atoms with E-state index in [2.05, 4.69) is 29.9 Å². The van der Waals surface area contributed by atoms with E-state index in [1.807, 2.05) is 6.92 Å². The molecule has 0 spiro atoms. The van der Waals surface area contributed by atoms with Crippen molar-refractivity contribution in [3.63, 3.8) is 0 Å². The Kier molecular flexibility index (Phi) is 7.92. The lowest BCUT2D eigenvalue weighted by atomic mass is 9.80. The van der Waals surface area contributed by atoms with Gasteiger partial charge in [0.25, 0.3) is 0 Å². The second-order valence-corrected chi connectivity index (χ2v) is 6.40. The van der Waals surface area contributed by atoms with Crippen molar-refractivity contribution in [1.29, 1.82) is 0 Å². The van der Waals surface area contributed by atoms with E-state index < -0.39 is 6.29 Å². The number of hydrogen-bond donors (Lipinski definition) is 4. The average molecular weight is 329 g/mol. The molecule has 2 atom stereocenters. The zero-order valence-corrected chi connectivity index (χ0v) is 14.2. The number of aromatic nitrogens is 2. The van der Waals surface area contributed by atoms with Gasteiger partial charge in [-0.3, -0.25) is 4.57 Å².